The SMILES string of the molecule is Cc1nc(NN)cc(NCc2ccc(S(C)(=O)=O)cc2)n1. The largest absolute Gasteiger partial charge is 0.366 e. The maximum absolute atomic E-state index is 11.4. The van der Waals surface area contributed by atoms with Crippen molar-refractivity contribution in [3.8, 4) is 0 Å². The molecule has 112 valence electrons. The van der Waals surface area contributed by atoms with E-state index in [4.69, 9.17) is 5.84 Å². The number of nitrogens with two attached hydrogens (primary N) is 1. The molecule has 0 aliphatic heterocycles. The van der Waals surface area contributed by atoms with Gasteiger partial charge in [0.05, 0.1) is 4.90 Å². The van der Waals surface area contributed by atoms with Crippen molar-refractivity contribution in [1.29, 1.82) is 0 Å². The van der Waals surface area contributed by atoms with Crippen LogP contribution < -0.4 is 16.6 Å². The molecule has 0 unspecified atom stereocenters. The summed E-state index contributed by atoms with van der Waals surface area (Å²) in [7, 11) is -3.16. The van der Waals surface area contributed by atoms with Gasteiger partial charge >= 0.3 is 0 Å². The van der Waals surface area contributed by atoms with Crippen molar-refractivity contribution in [3.63, 3.8) is 0 Å². The summed E-state index contributed by atoms with van der Waals surface area (Å²) in [6.07, 6.45) is 1.19. The number of hydrogen-bond donors (Lipinski definition) is 3. The molecule has 4 N–H and O–H groups in total. The number of aromatic nitrogens is 2. The van der Waals surface area contributed by atoms with Gasteiger partial charge in [-0.25, -0.2) is 24.2 Å². The average Bonchev–Trinajstić information content (AvgIpc) is 2.44. The number of hydrazine groups is 1. The van der Waals surface area contributed by atoms with Crippen LogP contribution in [0.5, 0.6) is 0 Å². The van der Waals surface area contributed by atoms with E-state index in [0.717, 1.165) is 5.56 Å². The van der Waals surface area contributed by atoms with Gasteiger partial charge in [-0.3, -0.25) is 0 Å². The zero-order valence-electron chi connectivity index (χ0n) is 11.8. The highest BCUT2D eigenvalue weighted by molar-refractivity contribution is 7.90. The van der Waals surface area contributed by atoms with Crippen LogP contribution in [0.4, 0.5) is 11.6 Å². The first-order valence-electron chi connectivity index (χ1n) is 6.23. The summed E-state index contributed by atoms with van der Waals surface area (Å²) in [5, 5.41) is 3.14. The van der Waals surface area contributed by atoms with Gasteiger partial charge in [-0.15, -0.1) is 0 Å². The number of aryl methyl sites for hydroxylation is 1. The minimum Gasteiger partial charge on any atom is -0.366 e. The first-order chi connectivity index (χ1) is 9.88. The number of sulfone groups is 1. The Morgan fingerprint density at radius 2 is 1.76 bits per heavy atom. The number of hydrogen-bond acceptors (Lipinski definition) is 7. The van der Waals surface area contributed by atoms with Crippen molar-refractivity contribution in [2.24, 2.45) is 5.84 Å². The highest BCUT2D eigenvalue weighted by Crippen LogP contribution is 2.13. The molecule has 21 heavy (non-hydrogen) atoms. The van der Waals surface area contributed by atoms with Crippen LogP contribution in [0.3, 0.4) is 0 Å². The molecular weight excluding hydrogens is 290 g/mol. The van der Waals surface area contributed by atoms with Crippen LogP contribution in [0.15, 0.2) is 35.2 Å². The Morgan fingerprint density at radius 3 is 2.33 bits per heavy atom. The molecule has 0 atom stereocenters. The van der Waals surface area contributed by atoms with Crippen LogP contribution in [0, 0.1) is 6.92 Å². The molecule has 8 heteroatoms. The number of nitrogens with one attached hydrogen (secondary N) is 2. The van der Waals surface area contributed by atoms with Crippen LogP contribution in [-0.4, -0.2) is 24.6 Å². The molecule has 2 rings (SSSR count). The van der Waals surface area contributed by atoms with Crippen molar-refractivity contribution in [2.75, 3.05) is 17.0 Å². The molecule has 0 bridgehead atoms. The van der Waals surface area contributed by atoms with Gasteiger partial charge in [0, 0.05) is 18.9 Å². The van der Waals surface area contributed by atoms with Gasteiger partial charge in [0.2, 0.25) is 0 Å². The fourth-order valence-electron chi connectivity index (χ4n) is 1.78. The van der Waals surface area contributed by atoms with Gasteiger partial charge in [0.15, 0.2) is 9.84 Å². The lowest BCUT2D eigenvalue weighted by Crippen LogP contribution is -2.11. The van der Waals surface area contributed by atoms with Gasteiger partial charge in [0.25, 0.3) is 0 Å². The molecule has 0 spiro atoms. The summed E-state index contributed by atoms with van der Waals surface area (Å²) in [5.41, 5.74) is 3.42. The Labute approximate surface area is 123 Å². The van der Waals surface area contributed by atoms with E-state index in [9.17, 15) is 8.42 Å². The van der Waals surface area contributed by atoms with Crippen LogP contribution in [0.2, 0.25) is 0 Å². The highest BCUT2D eigenvalue weighted by Gasteiger charge is 2.06. The standard InChI is InChI=1S/C13H17N5O2S/c1-9-16-12(7-13(17-9)18-14)15-8-10-3-5-11(6-4-10)21(2,19)20/h3-7H,8,14H2,1-2H3,(H2,15,16,17,18). The Kier molecular flexibility index (Phi) is 4.39. The van der Waals surface area contributed by atoms with Crippen molar-refractivity contribution in [2.45, 2.75) is 18.4 Å². The molecule has 0 amide bonds. The number of nitrogen functional groups attached to an aromatic ring is 1. The van der Waals surface area contributed by atoms with E-state index < -0.39 is 9.84 Å². The molecule has 1 aromatic heterocycles. The quantitative estimate of drug-likeness (QED) is 0.560. The van der Waals surface area contributed by atoms with E-state index in [-0.39, 0.29) is 0 Å². The Balaban J connectivity index is 2.08. The summed E-state index contributed by atoms with van der Waals surface area (Å²) >= 11 is 0. The fourth-order valence-corrected chi connectivity index (χ4v) is 2.41. The fraction of sp³-hybridized carbons (Fsp3) is 0.231. The maximum Gasteiger partial charge on any atom is 0.175 e. The van der Waals surface area contributed by atoms with E-state index >= 15 is 0 Å². The summed E-state index contributed by atoms with van der Waals surface area (Å²) in [4.78, 5) is 8.64. The topological polar surface area (TPSA) is 110 Å². The molecule has 0 saturated heterocycles. The second kappa shape index (κ2) is 6.06. The second-order valence-electron chi connectivity index (χ2n) is 4.60. The third kappa shape index (κ3) is 4.14. The van der Waals surface area contributed by atoms with Crippen LogP contribution >= 0.6 is 0 Å². The van der Waals surface area contributed by atoms with E-state index in [1.54, 1.807) is 37.3 Å². The van der Waals surface area contributed by atoms with Crippen molar-refractivity contribution < 1.29 is 8.42 Å². The number of nitrogens with zero attached hydrogens (tertiary/aromatic N) is 2. The van der Waals surface area contributed by atoms with Gasteiger partial charge in [0.1, 0.15) is 17.5 Å². The van der Waals surface area contributed by atoms with Crippen LogP contribution in [0.1, 0.15) is 11.4 Å². The summed E-state index contributed by atoms with van der Waals surface area (Å²) < 4.78 is 22.8. The predicted octanol–water partition coefficient (Wildman–Crippen LogP) is 1.09. The second-order valence-corrected chi connectivity index (χ2v) is 6.62. The molecule has 0 saturated carbocycles. The lowest BCUT2D eigenvalue weighted by atomic mass is 10.2. The van der Waals surface area contributed by atoms with E-state index in [1.807, 2.05) is 0 Å². The molecule has 1 aromatic carbocycles. The number of rotatable bonds is 5. The highest BCUT2D eigenvalue weighted by atomic mass is 32.2. The van der Waals surface area contributed by atoms with Gasteiger partial charge in [-0.1, -0.05) is 12.1 Å². The van der Waals surface area contributed by atoms with Crippen LogP contribution in [-0.2, 0) is 16.4 Å². The van der Waals surface area contributed by atoms with Gasteiger partial charge in [-0.05, 0) is 24.6 Å². The van der Waals surface area contributed by atoms with E-state index in [2.05, 4.69) is 20.7 Å². The molecule has 7 nitrogen and oxygen atoms in total. The maximum atomic E-state index is 11.4. The van der Waals surface area contributed by atoms with Crippen molar-refractivity contribution in [3.05, 3.63) is 41.7 Å². The third-order valence-electron chi connectivity index (χ3n) is 2.81. The van der Waals surface area contributed by atoms with E-state index in [1.165, 1.54) is 6.26 Å². The minimum absolute atomic E-state index is 0.304. The molecule has 0 radical (unpaired) electrons. The summed E-state index contributed by atoms with van der Waals surface area (Å²) in [6, 6.07) is 8.39. The summed E-state index contributed by atoms with van der Waals surface area (Å²) in [6.45, 7) is 2.29. The lowest BCUT2D eigenvalue weighted by molar-refractivity contribution is 0.602. The third-order valence-corrected chi connectivity index (χ3v) is 3.94. The molecule has 0 aliphatic rings. The predicted molar refractivity (Wildman–Crippen MR) is 81.5 cm³/mol. The first-order valence-corrected chi connectivity index (χ1v) is 8.13. The normalized spacial score (nSPS) is 11.2. The average molecular weight is 307 g/mol. The van der Waals surface area contributed by atoms with E-state index in [0.29, 0.717) is 28.9 Å². The van der Waals surface area contributed by atoms with Crippen molar-refractivity contribution >= 4 is 21.5 Å². The molecule has 0 aliphatic carbocycles. The Bertz CT molecular complexity index is 729. The Hall–Kier alpha value is -2.19. The minimum atomic E-state index is -3.16. The smallest absolute Gasteiger partial charge is 0.175 e. The summed E-state index contributed by atoms with van der Waals surface area (Å²) in [5.74, 6) is 7.09. The molecule has 0 fully saturated rings. The lowest BCUT2D eigenvalue weighted by Gasteiger charge is -2.08. The monoisotopic (exact) mass is 307 g/mol. The molecular formula is C13H17N5O2S. The van der Waals surface area contributed by atoms with Gasteiger partial charge in [-0.2, -0.15) is 0 Å². The zero-order valence-corrected chi connectivity index (χ0v) is 12.6. The number of anilines is 2. The zero-order chi connectivity index (χ0) is 15.5. The van der Waals surface area contributed by atoms with Crippen molar-refractivity contribution in [1.82, 2.24) is 9.97 Å². The Morgan fingerprint density at radius 1 is 1.14 bits per heavy atom. The molecule has 1 heterocycles. The molecule has 2 aromatic rings. The van der Waals surface area contributed by atoms with Crippen LogP contribution in [0.25, 0.3) is 0 Å². The number of benzene rings is 1. The van der Waals surface area contributed by atoms with Gasteiger partial charge < -0.3 is 10.7 Å². The first kappa shape index (κ1) is 15.2.